The Kier molecular flexibility index (Phi) is 36.6. The first-order valence-electron chi connectivity index (χ1n) is 27.8. The van der Waals surface area contributed by atoms with Crippen LogP contribution in [0.3, 0.4) is 0 Å². The maximum atomic E-state index is 12.5. The van der Waals surface area contributed by atoms with Gasteiger partial charge in [0.2, 0.25) is 0 Å². The van der Waals surface area contributed by atoms with Crippen LogP contribution in [0.4, 0.5) is 0 Å². The van der Waals surface area contributed by atoms with Gasteiger partial charge in [-0.15, -0.1) is 13.6 Å². The molecule has 0 saturated heterocycles. The molecule has 0 aromatic heterocycles. The van der Waals surface area contributed by atoms with E-state index in [1.807, 2.05) is 0 Å². The van der Waals surface area contributed by atoms with Gasteiger partial charge >= 0.3 is 32.8 Å². The Balaban J connectivity index is 0.000000221. The third-order valence-corrected chi connectivity index (χ3v) is 20.1. The monoisotopic (exact) mass is 976 g/mol. The fourth-order valence-electron chi connectivity index (χ4n) is 10.5. The number of rotatable bonds is 16. The lowest BCUT2D eigenvalue weighted by Gasteiger charge is -2.18. The highest BCUT2D eigenvalue weighted by Gasteiger charge is 2.39. The second-order valence-electron chi connectivity index (χ2n) is 20.4. The molecule has 4 atom stereocenters. The minimum absolute atomic E-state index is 0.181. The van der Waals surface area contributed by atoms with Crippen LogP contribution in [0.2, 0.25) is 0 Å². The average molecular weight is 976 g/mol. The van der Waals surface area contributed by atoms with E-state index in [-0.39, 0.29) is 14.8 Å². The summed E-state index contributed by atoms with van der Waals surface area (Å²) in [7, 11) is -4.32. The lowest BCUT2D eigenvalue weighted by Crippen LogP contribution is -2.16. The van der Waals surface area contributed by atoms with Gasteiger partial charge in [0.15, 0.2) is 17.0 Å². The Hall–Kier alpha value is 0.240. The molecule has 0 aromatic carbocycles. The summed E-state index contributed by atoms with van der Waals surface area (Å²) >= 11 is 0. The summed E-state index contributed by atoms with van der Waals surface area (Å²) in [6.45, 7) is 4.96. The molecule has 4 unspecified atom stereocenters. The molecule has 0 bridgehead atoms. The highest BCUT2D eigenvalue weighted by Crippen LogP contribution is 2.44. The molecule has 0 spiro atoms. The van der Waals surface area contributed by atoms with Crippen LogP contribution < -0.4 is 0 Å². The highest BCUT2D eigenvalue weighted by molar-refractivity contribution is 7.40. The van der Waals surface area contributed by atoms with Gasteiger partial charge in [-0.3, -0.25) is 4.52 Å². The molecule has 372 valence electrons. The molecule has 7 aliphatic carbocycles. The van der Waals surface area contributed by atoms with Gasteiger partial charge in [-0.05, 0) is 142 Å². The van der Waals surface area contributed by atoms with Crippen LogP contribution in [0.1, 0.15) is 284 Å². The Morgan fingerprint density at radius 1 is 0.406 bits per heavy atom. The van der Waals surface area contributed by atoms with E-state index in [4.69, 9.17) is 18.1 Å². The van der Waals surface area contributed by atoms with Crippen molar-refractivity contribution < 1.29 is 36.4 Å². The minimum Gasteiger partial charge on any atom is -0.294 e. The van der Waals surface area contributed by atoms with E-state index in [2.05, 4.69) is 13.8 Å². The van der Waals surface area contributed by atoms with Crippen molar-refractivity contribution >= 4 is 32.8 Å². The standard InChI is InChI=1S/C16H30O2P.C12H22O2P.C10H18O2P.C8H17O2P.C6H12/c17-19(16-13-9-5-2-6-10-14-16)18-15-11-7-3-1-4-8-12-15;13-15(12-9-5-2-6-10-12)14-11-7-3-1-4-8-11;11-13(10-7-3-4-8-10)12-9-5-1-2-6-9;1-3-5-6-8(4-2)7-10-11-9;1-2-4-6-5-3-1/h15-16H,1-14H2;11-12H,1-10H2;9-10H,1-8H2;8H,3-7H2,1-2H3;1-6H2/q3*+1;;. The van der Waals surface area contributed by atoms with Gasteiger partial charge in [-0.2, -0.15) is 0 Å². The van der Waals surface area contributed by atoms with E-state index < -0.39 is 24.1 Å². The topological polar surface area (TPSA) is 105 Å². The summed E-state index contributed by atoms with van der Waals surface area (Å²) in [5, 5.41) is 0. The van der Waals surface area contributed by atoms with Crippen LogP contribution >= 0.6 is 32.8 Å². The number of hydrogen-bond acceptors (Lipinski definition) is 8. The first kappa shape index (κ1) is 58.6. The van der Waals surface area contributed by atoms with E-state index in [0.717, 1.165) is 83.5 Å². The molecule has 0 aromatic rings. The molecule has 0 heterocycles. The lowest BCUT2D eigenvalue weighted by atomic mass is 9.98. The van der Waals surface area contributed by atoms with E-state index in [0.29, 0.717) is 41.7 Å². The van der Waals surface area contributed by atoms with Crippen LogP contribution in [0, 0.1) is 5.92 Å². The van der Waals surface area contributed by atoms with Gasteiger partial charge in [-0.25, -0.2) is 4.57 Å². The van der Waals surface area contributed by atoms with Crippen molar-refractivity contribution in [2.75, 3.05) is 6.61 Å². The van der Waals surface area contributed by atoms with Crippen LogP contribution in [-0.2, 0) is 36.4 Å². The van der Waals surface area contributed by atoms with E-state index in [1.54, 1.807) is 0 Å². The molecule has 0 amide bonds. The SMILES string of the molecule is C1CCCCC1.CCCCC(CC)COP=O.O=[P+](OC1CCCC1)C1CCCC1.O=[P+](OC1CCCCC1)C1CCCCC1.O=[P+](OC1CCCCCCC1)C1CCCCCCC1. The van der Waals surface area contributed by atoms with Gasteiger partial charge in [0.25, 0.3) is 0 Å². The molecule has 0 radical (unpaired) electrons. The van der Waals surface area contributed by atoms with Crippen LogP contribution in [0.15, 0.2) is 0 Å². The van der Waals surface area contributed by atoms with Crippen molar-refractivity contribution in [2.45, 2.75) is 319 Å². The fourth-order valence-corrected chi connectivity index (χ4v) is 15.2. The third kappa shape index (κ3) is 28.7. The maximum Gasteiger partial charge on any atom is 0.511 e. The summed E-state index contributed by atoms with van der Waals surface area (Å²) < 4.78 is 68.3. The molecule has 0 N–H and O–H groups in total. The molecule has 12 heteroatoms. The van der Waals surface area contributed by atoms with Gasteiger partial charge in [0.1, 0.15) is 18.3 Å². The van der Waals surface area contributed by atoms with Crippen molar-refractivity contribution in [3.8, 4) is 0 Å². The first-order chi connectivity index (χ1) is 31.4. The van der Waals surface area contributed by atoms with Gasteiger partial charge < -0.3 is 0 Å². The molecular formula is C52H99O8P4+3. The summed E-state index contributed by atoms with van der Waals surface area (Å²) in [5.74, 6) is 0.594. The van der Waals surface area contributed by atoms with Gasteiger partial charge in [0, 0.05) is 0 Å². The molecule has 8 nitrogen and oxygen atoms in total. The zero-order valence-corrected chi connectivity index (χ0v) is 45.1. The fraction of sp³-hybridized carbons (Fsp3) is 1.00. The Labute approximate surface area is 398 Å². The normalized spacial score (nSPS) is 24.0. The minimum atomic E-state index is -1.42. The zero-order valence-electron chi connectivity index (χ0n) is 41.5. The van der Waals surface area contributed by atoms with Crippen molar-refractivity contribution in [3.05, 3.63) is 0 Å². The predicted octanol–water partition coefficient (Wildman–Crippen LogP) is 19.8. The third-order valence-electron chi connectivity index (χ3n) is 14.9. The summed E-state index contributed by atoms with van der Waals surface area (Å²) in [4.78, 5) is 0. The van der Waals surface area contributed by atoms with Crippen molar-refractivity contribution in [1.29, 1.82) is 0 Å². The maximum absolute atomic E-state index is 12.5. The van der Waals surface area contributed by atoms with Crippen LogP contribution in [-0.4, -0.2) is 41.9 Å². The first-order valence-corrected chi connectivity index (χ1v) is 32.2. The molecule has 7 aliphatic rings. The zero-order chi connectivity index (χ0) is 45.7. The summed E-state index contributed by atoms with van der Waals surface area (Å²) in [5.41, 5.74) is 1.10. The van der Waals surface area contributed by atoms with Gasteiger partial charge in [0.05, 0.1) is 6.61 Å². The summed E-state index contributed by atoms with van der Waals surface area (Å²) in [6.07, 6.45) is 54.1. The van der Waals surface area contributed by atoms with Crippen molar-refractivity contribution in [2.24, 2.45) is 5.92 Å². The van der Waals surface area contributed by atoms with E-state index in [1.165, 1.54) is 186 Å². The summed E-state index contributed by atoms with van der Waals surface area (Å²) in [6, 6.07) is 0. The molecule has 0 aliphatic heterocycles. The van der Waals surface area contributed by atoms with E-state index >= 15 is 0 Å². The molecule has 7 rings (SSSR count). The quantitative estimate of drug-likeness (QED) is 0.141. The Morgan fingerprint density at radius 2 is 0.656 bits per heavy atom. The Bertz CT molecular complexity index is 1140. The average Bonchev–Trinajstić information content (AvgIpc) is 4.06. The molecule has 7 saturated carbocycles. The predicted molar refractivity (Wildman–Crippen MR) is 271 cm³/mol. The van der Waals surface area contributed by atoms with E-state index in [9.17, 15) is 18.3 Å². The van der Waals surface area contributed by atoms with Gasteiger partial charge in [-0.1, -0.05) is 162 Å². The molecular weight excluding hydrogens is 876 g/mol. The molecule has 7 fully saturated rings. The highest BCUT2D eigenvalue weighted by atomic mass is 31.1. The molecule has 64 heavy (non-hydrogen) atoms. The Morgan fingerprint density at radius 3 is 0.938 bits per heavy atom. The van der Waals surface area contributed by atoms with Crippen molar-refractivity contribution in [3.63, 3.8) is 0 Å². The van der Waals surface area contributed by atoms with Crippen molar-refractivity contribution in [1.82, 2.24) is 0 Å². The van der Waals surface area contributed by atoms with Crippen LogP contribution in [0.25, 0.3) is 0 Å². The lowest BCUT2D eigenvalue weighted by molar-refractivity contribution is 0.161. The number of unbranched alkanes of at least 4 members (excludes halogenated alkanes) is 1. The second-order valence-corrected chi connectivity index (χ2v) is 25.4. The second kappa shape index (κ2) is 40.0. The largest absolute Gasteiger partial charge is 0.511 e. The number of hydrogen-bond donors (Lipinski definition) is 0. The van der Waals surface area contributed by atoms with Crippen LogP contribution in [0.5, 0.6) is 0 Å². The smallest absolute Gasteiger partial charge is 0.294 e.